The monoisotopic (exact) mass is 671 g/mol. The Balaban J connectivity index is 1.81. The van der Waals surface area contributed by atoms with Gasteiger partial charge in [0, 0.05) is 19.5 Å². The molecule has 0 aliphatic carbocycles. The number of carbonyl (C=O) groups is 2. The van der Waals surface area contributed by atoms with Crippen molar-refractivity contribution in [3.63, 3.8) is 0 Å². The summed E-state index contributed by atoms with van der Waals surface area (Å²) in [5.74, 6) is 0.496. The van der Waals surface area contributed by atoms with Crippen LogP contribution in [0.3, 0.4) is 0 Å². The summed E-state index contributed by atoms with van der Waals surface area (Å²) in [5.41, 5.74) is 2.78. The minimum atomic E-state index is -4.21. The molecule has 0 aliphatic heterocycles. The summed E-state index contributed by atoms with van der Waals surface area (Å²) in [6.45, 7) is 8.10. The first-order valence-corrected chi connectivity index (χ1v) is 17.5. The van der Waals surface area contributed by atoms with Crippen LogP contribution in [0, 0.1) is 12.8 Å². The Labute approximate surface area is 284 Å². The molecule has 0 unspecified atom stereocenters. The van der Waals surface area contributed by atoms with Crippen molar-refractivity contribution in [3.8, 4) is 11.5 Å². The normalized spacial score (nSPS) is 11.9. The van der Waals surface area contributed by atoms with Crippen LogP contribution in [0.25, 0.3) is 0 Å². The van der Waals surface area contributed by atoms with E-state index in [2.05, 4.69) is 5.32 Å². The van der Waals surface area contributed by atoms with Crippen LogP contribution >= 0.6 is 0 Å². The smallest absolute Gasteiger partial charge is 0.264 e. The third-order valence-electron chi connectivity index (χ3n) is 7.77. The van der Waals surface area contributed by atoms with E-state index in [9.17, 15) is 18.0 Å². The molecule has 0 fully saturated rings. The van der Waals surface area contributed by atoms with Gasteiger partial charge < -0.3 is 19.7 Å². The molecule has 4 rings (SSSR count). The SMILES string of the molecule is CCOc1ccc(N(CC(=O)N(Cc2cccc(OC)c2)[C@@H](Cc2ccccc2)C(=O)NCC(C)C)S(=O)(=O)c2ccc(C)cc2)cc1. The Morgan fingerprint density at radius 1 is 0.833 bits per heavy atom. The maximum absolute atomic E-state index is 14.6. The van der Waals surface area contributed by atoms with E-state index in [1.54, 1.807) is 55.6 Å². The molecule has 254 valence electrons. The van der Waals surface area contributed by atoms with E-state index >= 15 is 0 Å². The van der Waals surface area contributed by atoms with E-state index in [1.165, 1.54) is 17.0 Å². The molecule has 2 amide bonds. The first-order valence-electron chi connectivity index (χ1n) is 16.1. The maximum Gasteiger partial charge on any atom is 0.264 e. The lowest BCUT2D eigenvalue weighted by Gasteiger charge is -2.34. The van der Waals surface area contributed by atoms with Gasteiger partial charge in [-0.05, 0) is 79.4 Å². The van der Waals surface area contributed by atoms with Crippen LogP contribution in [-0.2, 0) is 32.6 Å². The van der Waals surface area contributed by atoms with Gasteiger partial charge >= 0.3 is 0 Å². The number of hydrogen-bond acceptors (Lipinski definition) is 6. The second-order valence-corrected chi connectivity index (χ2v) is 13.8. The van der Waals surface area contributed by atoms with Crippen LogP contribution in [0.1, 0.15) is 37.5 Å². The molecule has 0 aliphatic rings. The number of sulfonamides is 1. The first kappa shape index (κ1) is 36.0. The van der Waals surface area contributed by atoms with Gasteiger partial charge in [-0.3, -0.25) is 13.9 Å². The number of carbonyl (C=O) groups excluding carboxylic acids is 2. The lowest BCUT2D eigenvalue weighted by Crippen LogP contribution is -2.53. The zero-order valence-corrected chi connectivity index (χ0v) is 29.1. The van der Waals surface area contributed by atoms with Gasteiger partial charge in [0.2, 0.25) is 11.8 Å². The molecule has 1 N–H and O–H groups in total. The number of hydrogen-bond donors (Lipinski definition) is 1. The van der Waals surface area contributed by atoms with Crippen LogP contribution in [0.2, 0.25) is 0 Å². The predicted molar refractivity (Wildman–Crippen MR) is 189 cm³/mol. The molecular formula is C38H45N3O6S. The number of aryl methyl sites for hydroxylation is 1. The molecule has 0 bridgehead atoms. The van der Waals surface area contributed by atoms with Crippen molar-refractivity contribution in [2.45, 2.75) is 51.6 Å². The van der Waals surface area contributed by atoms with Crippen LogP contribution < -0.4 is 19.1 Å². The van der Waals surface area contributed by atoms with Gasteiger partial charge in [-0.2, -0.15) is 0 Å². The van der Waals surface area contributed by atoms with Crippen molar-refractivity contribution in [2.75, 3.05) is 31.1 Å². The molecule has 0 saturated carbocycles. The van der Waals surface area contributed by atoms with E-state index < -0.39 is 28.5 Å². The summed E-state index contributed by atoms with van der Waals surface area (Å²) in [4.78, 5) is 30.1. The van der Waals surface area contributed by atoms with Crippen molar-refractivity contribution in [1.82, 2.24) is 10.2 Å². The molecule has 0 heterocycles. The van der Waals surface area contributed by atoms with Gasteiger partial charge in [0.25, 0.3) is 10.0 Å². The van der Waals surface area contributed by atoms with Crippen LogP contribution in [-0.4, -0.2) is 58.0 Å². The van der Waals surface area contributed by atoms with Crippen molar-refractivity contribution < 1.29 is 27.5 Å². The molecule has 4 aromatic rings. The summed E-state index contributed by atoms with van der Waals surface area (Å²) < 4.78 is 40.6. The van der Waals surface area contributed by atoms with Gasteiger partial charge in [-0.25, -0.2) is 8.42 Å². The number of anilines is 1. The number of nitrogens with zero attached hydrogens (tertiary/aromatic N) is 2. The number of rotatable bonds is 16. The van der Waals surface area contributed by atoms with E-state index in [4.69, 9.17) is 9.47 Å². The summed E-state index contributed by atoms with van der Waals surface area (Å²) in [6.07, 6.45) is 0.230. The fourth-order valence-corrected chi connectivity index (χ4v) is 6.60. The molecule has 0 spiro atoms. The van der Waals surface area contributed by atoms with E-state index in [0.29, 0.717) is 24.7 Å². The lowest BCUT2D eigenvalue weighted by molar-refractivity contribution is -0.140. The predicted octanol–water partition coefficient (Wildman–Crippen LogP) is 6.01. The van der Waals surface area contributed by atoms with Crippen LogP contribution in [0.15, 0.2) is 108 Å². The van der Waals surface area contributed by atoms with Gasteiger partial charge in [0.15, 0.2) is 0 Å². The molecule has 1 atom stereocenters. The summed E-state index contributed by atoms with van der Waals surface area (Å²) >= 11 is 0. The maximum atomic E-state index is 14.6. The zero-order chi connectivity index (χ0) is 34.7. The fourth-order valence-electron chi connectivity index (χ4n) is 5.19. The summed E-state index contributed by atoms with van der Waals surface area (Å²) in [6, 6.07) is 28.9. The van der Waals surface area contributed by atoms with Crippen LogP contribution in [0.5, 0.6) is 11.5 Å². The summed E-state index contributed by atoms with van der Waals surface area (Å²) in [5, 5.41) is 3.01. The summed E-state index contributed by atoms with van der Waals surface area (Å²) in [7, 11) is -2.65. The third-order valence-corrected chi connectivity index (χ3v) is 9.55. The standard InChI is InChI=1S/C38H45N3O6S/c1-6-47-33-19-17-32(18-20-33)41(48(44,45)35-21-15-29(4)16-22-35)27-37(42)40(26-31-13-10-14-34(23-31)46-5)36(38(43)39-25-28(2)3)24-30-11-8-7-9-12-30/h7-23,28,36H,6,24-27H2,1-5H3,(H,39,43)/t36-/m0/s1. The highest BCUT2D eigenvalue weighted by Gasteiger charge is 2.34. The molecule has 9 nitrogen and oxygen atoms in total. The van der Waals surface area contributed by atoms with E-state index in [1.807, 2.05) is 70.2 Å². The number of nitrogens with one attached hydrogen (secondary N) is 1. The fraction of sp³-hybridized carbons (Fsp3) is 0.316. The molecule has 10 heteroatoms. The largest absolute Gasteiger partial charge is 0.497 e. The average molecular weight is 672 g/mol. The quantitative estimate of drug-likeness (QED) is 0.157. The van der Waals surface area contributed by atoms with Gasteiger partial charge in [0.1, 0.15) is 24.1 Å². The van der Waals surface area contributed by atoms with Gasteiger partial charge in [0.05, 0.1) is 24.3 Å². The molecule has 0 saturated heterocycles. The zero-order valence-electron chi connectivity index (χ0n) is 28.3. The van der Waals surface area contributed by atoms with Crippen LogP contribution in [0.4, 0.5) is 5.69 Å². The highest BCUT2D eigenvalue weighted by Crippen LogP contribution is 2.27. The topological polar surface area (TPSA) is 105 Å². The number of ether oxygens (including phenoxy) is 2. The highest BCUT2D eigenvalue weighted by atomic mass is 32.2. The number of benzene rings is 4. The average Bonchev–Trinajstić information content (AvgIpc) is 3.08. The molecule has 48 heavy (non-hydrogen) atoms. The molecular weight excluding hydrogens is 627 g/mol. The molecule has 0 aromatic heterocycles. The van der Waals surface area contributed by atoms with Crippen molar-refractivity contribution in [2.24, 2.45) is 5.92 Å². The minimum absolute atomic E-state index is 0.0460. The van der Waals surface area contributed by atoms with Crippen molar-refractivity contribution in [3.05, 3.63) is 120 Å². The lowest BCUT2D eigenvalue weighted by atomic mass is 10.0. The Morgan fingerprint density at radius 3 is 2.12 bits per heavy atom. The van der Waals surface area contributed by atoms with E-state index in [-0.39, 0.29) is 35.4 Å². The second kappa shape index (κ2) is 16.8. The molecule has 0 radical (unpaired) electrons. The highest BCUT2D eigenvalue weighted by molar-refractivity contribution is 7.92. The number of amides is 2. The Bertz CT molecular complexity index is 1740. The second-order valence-electron chi connectivity index (χ2n) is 12.0. The Kier molecular flexibility index (Phi) is 12.6. The third kappa shape index (κ3) is 9.60. The number of methoxy groups -OCH3 is 1. The van der Waals surface area contributed by atoms with Gasteiger partial charge in [-0.15, -0.1) is 0 Å². The first-order chi connectivity index (χ1) is 23.0. The Hall–Kier alpha value is -4.83. The molecule has 4 aromatic carbocycles. The Morgan fingerprint density at radius 2 is 1.50 bits per heavy atom. The van der Waals surface area contributed by atoms with Gasteiger partial charge in [-0.1, -0.05) is 74.0 Å². The van der Waals surface area contributed by atoms with E-state index in [0.717, 1.165) is 21.0 Å². The minimum Gasteiger partial charge on any atom is -0.497 e. The van der Waals surface area contributed by atoms with Crippen molar-refractivity contribution >= 4 is 27.5 Å². The van der Waals surface area contributed by atoms with Crippen molar-refractivity contribution in [1.29, 1.82) is 0 Å².